The van der Waals surface area contributed by atoms with E-state index in [1.54, 1.807) is 7.05 Å². The number of benzene rings is 1. The normalized spacial score (nSPS) is 13.6. The molecule has 3 heteroatoms. The van der Waals surface area contributed by atoms with E-state index in [4.69, 9.17) is 11.6 Å². The van der Waals surface area contributed by atoms with Gasteiger partial charge in [0, 0.05) is 12.1 Å². The first-order valence-corrected chi connectivity index (χ1v) is 4.17. The first-order valence-electron chi connectivity index (χ1n) is 3.79. The molecule has 0 radical (unpaired) electrons. The minimum atomic E-state index is 0.0451. The third-order valence-corrected chi connectivity index (χ3v) is 1.99. The molecule has 0 aliphatic rings. The molecule has 0 aliphatic carbocycles. The molecule has 1 aromatic rings. The molecule has 2 nitrogen and oxygen atoms in total. The van der Waals surface area contributed by atoms with Crippen molar-refractivity contribution in [2.45, 2.75) is 13.0 Å². The van der Waals surface area contributed by atoms with Gasteiger partial charge < -0.3 is 0 Å². The van der Waals surface area contributed by atoms with E-state index in [1.807, 2.05) is 31.2 Å². The van der Waals surface area contributed by atoms with Crippen molar-refractivity contribution < 1.29 is 0 Å². The van der Waals surface area contributed by atoms with Crippen LogP contribution in [-0.2, 0) is 0 Å². The third kappa shape index (κ3) is 2.05. The molecule has 0 fully saturated rings. The lowest BCUT2D eigenvalue weighted by atomic mass is 10.1. The van der Waals surface area contributed by atoms with E-state index < -0.39 is 0 Å². The van der Waals surface area contributed by atoms with Crippen LogP contribution in [0.5, 0.6) is 0 Å². The summed E-state index contributed by atoms with van der Waals surface area (Å²) in [6.45, 7) is 1.97. The number of hydrogen-bond acceptors (Lipinski definition) is 2. The highest BCUT2D eigenvalue weighted by atomic mass is 35.5. The van der Waals surface area contributed by atoms with Gasteiger partial charge in [0.05, 0.1) is 6.04 Å². The quantitative estimate of drug-likeness (QED) is 0.626. The number of azo groups is 1. The van der Waals surface area contributed by atoms with Crippen LogP contribution in [0.1, 0.15) is 18.5 Å². The van der Waals surface area contributed by atoms with Gasteiger partial charge in [-0.25, -0.2) is 0 Å². The van der Waals surface area contributed by atoms with Crippen LogP contribution < -0.4 is 0 Å². The van der Waals surface area contributed by atoms with Crippen LogP contribution in [0.15, 0.2) is 34.5 Å². The van der Waals surface area contributed by atoms with Gasteiger partial charge in [0.15, 0.2) is 0 Å². The highest BCUT2D eigenvalue weighted by molar-refractivity contribution is 6.31. The first-order chi connectivity index (χ1) is 5.75. The summed E-state index contributed by atoms with van der Waals surface area (Å²) in [6.07, 6.45) is 0. The van der Waals surface area contributed by atoms with Crippen molar-refractivity contribution in [2.24, 2.45) is 10.2 Å². The van der Waals surface area contributed by atoms with Gasteiger partial charge in [-0.3, -0.25) is 0 Å². The largest absolute Gasteiger partial charge is 0.197 e. The Morgan fingerprint density at radius 1 is 1.33 bits per heavy atom. The molecule has 0 heterocycles. The van der Waals surface area contributed by atoms with Gasteiger partial charge in [-0.2, -0.15) is 10.2 Å². The summed E-state index contributed by atoms with van der Waals surface area (Å²) in [5.41, 5.74) is 1.02. The molecule has 0 N–H and O–H groups in total. The molecule has 1 aromatic carbocycles. The Balaban J connectivity index is 2.94. The van der Waals surface area contributed by atoms with Gasteiger partial charge in [0.25, 0.3) is 0 Å². The van der Waals surface area contributed by atoms with Crippen molar-refractivity contribution >= 4 is 11.6 Å². The maximum absolute atomic E-state index is 5.95. The fourth-order valence-electron chi connectivity index (χ4n) is 1.05. The Kier molecular flexibility index (Phi) is 3.23. The highest BCUT2D eigenvalue weighted by Gasteiger charge is 2.06. The van der Waals surface area contributed by atoms with Crippen molar-refractivity contribution in [3.63, 3.8) is 0 Å². The fraction of sp³-hybridized carbons (Fsp3) is 0.333. The van der Waals surface area contributed by atoms with Crippen molar-refractivity contribution in [1.29, 1.82) is 0 Å². The van der Waals surface area contributed by atoms with Crippen molar-refractivity contribution in [1.82, 2.24) is 0 Å². The number of rotatable bonds is 2. The van der Waals surface area contributed by atoms with Crippen molar-refractivity contribution in [3.05, 3.63) is 34.9 Å². The second kappa shape index (κ2) is 4.21. The van der Waals surface area contributed by atoms with E-state index >= 15 is 0 Å². The van der Waals surface area contributed by atoms with E-state index in [-0.39, 0.29) is 6.04 Å². The summed E-state index contributed by atoms with van der Waals surface area (Å²) in [7, 11) is 1.66. The molecule has 1 unspecified atom stereocenters. The van der Waals surface area contributed by atoms with E-state index in [2.05, 4.69) is 10.2 Å². The standard InChI is InChI=1S/C9H11ClN2/c1-7(12-11-2)8-5-3-4-6-9(8)10/h3-7H,1-2H3. The van der Waals surface area contributed by atoms with Gasteiger partial charge in [0.1, 0.15) is 0 Å². The van der Waals surface area contributed by atoms with Crippen LogP contribution in [0.2, 0.25) is 5.02 Å². The smallest absolute Gasteiger partial charge is 0.0943 e. The Morgan fingerprint density at radius 3 is 2.58 bits per heavy atom. The first kappa shape index (κ1) is 9.20. The Bertz CT molecular complexity index is 284. The van der Waals surface area contributed by atoms with Gasteiger partial charge in [-0.05, 0) is 18.6 Å². The zero-order valence-electron chi connectivity index (χ0n) is 7.16. The summed E-state index contributed by atoms with van der Waals surface area (Å²) in [6, 6.07) is 7.72. The van der Waals surface area contributed by atoms with Crippen LogP contribution in [0.3, 0.4) is 0 Å². The predicted molar refractivity (Wildman–Crippen MR) is 50.6 cm³/mol. The summed E-state index contributed by atoms with van der Waals surface area (Å²) < 4.78 is 0. The summed E-state index contributed by atoms with van der Waals surface area (Å²) in [5.74, 6) is 0. The maximum Gasteiger partial charge on any atom is 0.0943 e. The van der Waals surface area contributed by atoms with Crippen LogP contribution in [0.25, 0.3) is 0 Å². The van der Waals surface area contributed by atoms with Crippen LogP contribution >= 0.6 is 11.6 Å². The molecule has 0 amide bonds. The van der Waals surface area contributed by atoms with Crippen molar-refractivity contribution in [3.8, 4) is 0 Å². The Hall–Kier alpha value is -0.890. The molecule has 64 valence electrons. The average molecular weight is 183 g/mol. The average Bonchev–Trinajstić information content (AvgIpc) is 2.05. The van der Waals surface area contributed by atoms with Crippen LogP contribution in [0.4, 0.5) is 0 Å². The van der Waals surface area contributed by atoms with E-state index in [9.17, 15) is 0 Å². The molecule has 1 rings (SSSR count). The van der Waals surface area contributed by atoms with Gasteiger partial charge >= 0.3 is 0 Å². The monoisotopic (exact) mass is 182 g/mol. The topological polar surface area (TPSA) is 24.7 Å². The molecule has 0 aromatic heterocycles. The van der Waals surface area contributed by atoms with Crippen LogP contribution in [0, 0.1) is 0 Å². The number of nitrogens with zero attached hydrogens (tertiary/aromatic N) is 2. The minimum absolute atomic E-state index is 0.0451. The Labute approximate surface area is 77.3 Å². The van der Waals surface area contributed by atoms with Gasteiger partial charge in [-0.1, -0.05) is 29.8 Å². The molecular formula is C9H11ClN2. The fourth-order valence-corrected chi connectivity index (χ4v) is 1.34. The van der Waals surface area contributed by atoms with Gasteiger partial charge in [-0.15, -0.1) is 0 Å². The number of halogens is 1. The molecule has 0 bridgehead atoms. The number of hydrogen-bond donors (Lipinski definition) is 0. The molecule has 0 aliphatic heterocycles. The SMILES string of the molecule is CN=NC(C)c1ccccc1Cl. The molecule has 1 atom stereocenters. The van der Waals surface area contributed by atoms with E-state index in [0.29, 0.717) is 0 Å². The molecule has 0 saturated carbocycles. The molecule has 0 spiro atoms. The zero-order valence-corrected chi connectivity index (χ0v) is 7.92. The minimum Gasteiger partial charge on any atom is -0.197 e. The lowest BCUT2D eigenvalue weighted by molar-refractivity contribution is 0.753. The van der Waals surface area contributed by atoms with Crippen molar-refractivity contribution in [2.75, 3.05) is 7.05 Å². The predicted octanol–water partition coefficient (Wildman–Crippen LogP) is 3.48. The third-order valence-electron chi connectivity index (χ3n) is 1.64. The summed E-state index contributed by atoms with van der Waals surface area (Å²) in [5, 5.41) is 8.46. The summed E-state index contributed by atoms with van der Waals surface area (Å²) >= 11 is 5.95. The lowest BCUT2D eigenvalue weighted by Gasteiger charge is -2.06. The summed E-state index contributed by atoms with van der Waals surface area (Å²) in [4.78, 5) is 0. The Morgan fingerprint density at radius 2 is 2.00 bits per heavy atom. The van der Waals surface area contributed by atoms with Crippen LogP contribution in [-0.4, -0.2) is 7.05 Å². The maximum atomic E-state index is 5.95. The lowest BCUT2D eigenvalue weighted by Crippen LogP contribution is -1.88. The second-order valence-corrected chi connectivity index (χ2v) is 2.92. The second-order valence-electron chi connectivity index (χ2n) is 2.51. The van der Waals surface area contributed by atoms with E-state index in [0.717, 1.165) is 10.6 Å². The zero-order chi connectivity index (χ0) is 8.97. The molecule has 12 heavy (non-hydrogen) atoms. The van der Waals surface area contributed by atoms with E-state index in [1.165, 1.54) is 0 Å². The molecule has 0 saturated heterocycles. The highest BCUT2D eigenvalue weighted by Crippen LogP contribution is 2.24. The van der Waals surface area contributed by atoms with Gasteiger partial charge in [0.2, 0.25) is 0 Å². The molecular weight excluding hydrogens is 172 g/mol.